The molecule has 0 amide bonds. The summed E-state index contributed by atoms with van der Waals surface area (Å²) < 4.78 is 6.40. The number of carbonyl (C=O) groups is 1. The van der Waals surface area contributed by atoms with Gasteiger partial charge in [0, 0.05) is 10.9 Å². The van der Waals surface area contributed by atoms with Gasteiger partial charge in [-0.1, -0.05) is 30.4 Å². The van der Waals surface area contributed by atoms with Gasteiger partial charge < -0.3 is 4.74 Å². The Hall–Kier alpha value is -0.870. The second-order valence-electron chi connectivity index (χ2n) is 3.61. The fraction of sp³-hybridized carbons (Fsp3) is 0.154. The monoisotopic (exact) mass is 356 g/mol. The lowest BCUT2D eigenvalue weighted by atomic mass is 10.2. The van der Waals surface area contributed by atoms with E-state index in [0.717, 1.165) is 16.5 Å². The zero-order valence-electron chi connectivity index (χ0n) is 8.95. The van der Waals surface area contributed by atoms with Crippen LogP contribution in [0.4, 0.5) is 0 Å². The zero-order chi connectivity index (χ0) is 12.3. The first-order valence-corrected chi connectivity index (χ1v) is 6.76. The maximum Gasteiger partial charge on any atom is 0.351 e. The minimum atomic E-state index is -0.375. The number of halogens is 2. The first-order valence-electron chi connectivity index (χ1n) is 5.17. The number of ether oxygens (including phenoxy) is 1. The van der Waals surface area contributed by atoms with Gasteiger partial charge in [0.15, 0.2) is 0 Å². The van der Waals surface area contributed by atoms with E-state index in [0.29, 0.717) is 16.7 Å². The summed E-state index contributed by atoms with van der Waals surface area (Å²) in [7, 11) is 0. The third-order valence-electron chi connectivity index (χ3n) is 2.39. The Balaban J connectivity index is 2.05. The smallest absolute Gasteiger partial charge is 0.351 e. The van der Waals surface area contributed by atoms with E-state index in [1.54, 1.807) is 6.08 Å². The van der Waals surface area contributed by atoms with Crippen molar-refractivity contribution in [3.8, 4) is 0 Å². The van der Waals surface area contributed by atoms with Gasteiger partial charge in [0.1, 0.15) is 10.2 Å². The Morgan fingerprint density at radius 1 is 1.12 bits per heavy atom. The molecule has 2 aliphatic rings. The molecular formula is C13H10Br2O2. The summed E-state index contributed by atoms with van der Waals surface area (Å²) in [6, 6.07) is 0. The van der Waals surface area contributed by atoms with Crippen LogP contribution in [0.1, 0.15) is 12.8 Å². The largest absolute Gasteiger partial charge is 0.427 e. The average molecular weight is 358 g/mol. The molecule has 0 aromatic carbocycles. The van der Waals surface area contributed by atoms with E-state index in [-0.39, 0.29) is 5.97 Å². The van der Waals surface area contributed by atoms with Crippen LogP contribution >= 0.6 is 31.9 Å². The molecule has 0 heterocycles. The van der Waals surface area contributed by atoms with Crippen LogP contribution in [-0.2, 0) is 9.53 Å². The van der Waals surface area contributed by atoms with Gasteiger partial charge in [0.25, 0.3) is 0 Å². The summed E-state index contributed by atoms with van der Waals surface area (Å²) in [5.41, 5.74) is 1.06. The highest BCUT2D eigenvalue weighted by Crippen LogP contribution is 2.31. The Morgan fingerprint density at radius 3 is 2.41 bits per heavy atom. The predicted octanol–water partition coefficient (Wildman–Crippen LogP) is 4.26. The molecule has 0 aliphatic heterocycles. The van der Waals surface area contributed by atoms with E-state index in [9.17, 15) is 4.79 Å². The predicted molar refractivity (Wildman–Crippen MR) is 74.7 cm³/mol. The molecule has 0 unspecified atom stereocenters. The summed E-state index contributed by atoms with van der Waals surface area (Å²) in [6.45, 7) is 0. The van der Waals surface area contributed by atoms with E-state index < -0.39 is 0 Å². The fourth-order valence-corrected chi connectivity index (χ4v) is 2.30. The Morgan fingerprint density at radius 2 is 1.82 bits per heavy atom. The highest BCUT2D eigenvalue weighted by molar-refractivity contribution is 9.14. The van der Waals surface area contributed by atoms with Crippen molar-refractivity contribution < 1.29 is 9.53 Å². The molecule has 0 atom stereocenters. The number of hydrogen-bond donors (Lipinski definition) is 0. The maximum atomic E-state index is 11.8. The average Bonchev–Trinajstić information content (AvgIpc) is 2.99. The minimum Gasteiger partial charge on any atom is -0.427 e. The van der Waals surface area contributed by atoms with E-state index in [2.05, 4.69) is 31.9 Å². The molecule has 0 saturated heterocycles. The third-order valence-corrected chi connectivity index (χ3v) is 4.54. The number of carbonyl (C=O) groups excluding carboxylic acids is 1. The van der Waals surface area contributed by atoms with E-state index in [1.807, 2.05) is 30.4 Å². The molecular weight excluding hydrogens is 348 g/mol. The van der Waals surface area contributed by atoms with Crippen LogP contribution in [0.3, 0.4) is 0 Å². The molecule has 0 aromatic rings. The summed E-state index contributed by atoms with van der Waals surface area (Å²) in [5.74, 6) is 0.297. The second kappa shape index (κ2) is 5.65. The van der Waals surface area contributed by atoms with Crippen LogP contribution in [0.25, 0.3) is 0 Å². The van der Waals surface area contributed by atoms with Crippen molar-refractivity contribution in [1.82, 2.24) is 0 Å². The number of esters is 1. The van der Waals surface area contributed by atoms with Crippen molar-refractivity contribution in [3.05, 3.63) is 56.8 Å². The van der Waals surface area contributed by atoms with Crippen LogP contribution in [0.15, 0.2) is 56.8 Å². The molecule has 17 heavy (non-hydrogen) atoms. The molecule has 2 rings (SSSR count). The number of allylic oxidation sites excluding steroid dienone is 8. The topological polar surface area (TPSA) is 26.3 Å². The van der Waals surface area contributed by atoms with Gasteiger partial charge >= 0.3 is 5.97 Å². The number of hydrogen-bond acceptors (Lipinski definition) is 2. The maximum absolute atomic E-state index is 11.8. The molecule has 0 radical (unpaired) electrons. The third kappa shape index (κ3) is 3.07. The van der Waals surface area contributed by atoms with Gasteiger partial charge in [0.05, 0.1) is 0 Å². The van der Waals surface area contributed by atoms with E-state index in [1.165, 1.54) is 0 Å². The molecule has 88 valence electrons. The van der Waals surface area contributed by atoms with Gasteiger partial charge in [-0.05, 0) is 49.9 Å². The van der Waals surface area contributed by atoms with Crippen molar-refractivity contribution in [2.45, 2.75) is 12.8 Å². The molecule has 0 spiro atoms. The summed E-state index contributed by atoms with van der Waals surface area (Å²) >= 11 is 6.68. The van der Waals surface area contributed by atoms with Crippen molar-refractivity contribution in [1.29, 1.82) is 0 Å². The summed E-state index contributed by atoms with van der Waals surface area (Å²) in [6.07, 6.45) is 13.1. The van der Waals surface area contributed by atoms with Crippen LogP contribution < -0.4 is 0 Å². The molecule has 0 N–H and O–H groups in total. The zero-order valence-corrected chi connectivity index (χ0v) is 12.1. The second-order valence-corrected chi connectivity index (χ2v) is 5.19. The van der Waals surface area contributed by atoms with Crippen molar-refractivity contribution in [3.63, 3.8) is 0 Å². The van der Waals surface area contributed by atoms with Crippen molar-refractivity contribution in [2.24, 2.45) is 0 Å². The van der Waals surface area contributed by atoms with Crippen LogP contribution in [0.5, 0.6) is 0 Å². The first kappa shape index (κ1) is 12.6. The Labute approximate surface area is 117 Å². The SMILES string of the molecule is O=C(OC1=CC=CC1)C(Br)=C(Br)C1=CC=CC1. The normalized spacial score (nSPS) is 18.9. The van der Waals surface area contributed by atoms with Crippen LogP contribution in [0, 0.1) is 0 Å². The molecule has 0 bridgehead atoms. The van der Waals surface area contributed by atoms with Crippen LogP contribution in [0.2, 0.25) is 0 Å². The van der Waals surface area contributed by atoms with E-state index in [4.69, 9.17) is 4.74 Å². The quantitative estimate of drug-likeness (QED) is 0.557. The highest BCUT2D eigenvalue weighted by Gasteiger charge is 2.17. The molecule has 2 aliphatic carbocycles. The van der Waals surface area contributed by atoms with Crippen molar-refractivity contribution >= 4 is 37.8 Å². The van der Waals surface area contributed by atoms with Gasteiger partial charge in [-0.15, -0.1) is 0 Å². The molecule has 2 nitrogen and oxygen atoms in total. The number of rotatable bonds is 3. The Kier molecular flexibility index (Phi) is 4.18. The van der Waals surface area contributed by atoms with Crippen LogP contribution in [-0.4, -0.2) is 5.97 Å². The standard InChI is InChI=1S/C13H10Br2O2/c14-11(9-5-1-2-6-9)12(15)13(16)17-10-7-3-4-8-10/h1-5,7H,6,8H2. The molecule has 4 heteroatoms. The minimum absolute atomic E-state index is 0.375. The molecule has 0 fully saturated rings. The van der Waals surface area contributed by atoms with Gasteiger partial charge in [-0.2, -0.15) is 0 Å². The highest BCUT2D eigenvalue weighted by atomic mass is 79.9. The van der Waals surface area contributed by atoms with Gasteiger partial charge in [0.2, 0.25) is 0 Å². The van der Waals surface area contributed by atoms with Crippen molar-refractivity contribution in [2.75, 3.05) is 0 Å². The fourth-order valence-electron chi connectivity index (χ4n) is 1.51. The lowest BCUT2D eigenvalue weighted by Gasteiger charge is -2.07. The summed E-state index contributed by atoms with van der Waals surface area (Å²) in [5, 5.41) is 0. The van der Waals surface area contributed by atoms with E-state index >= 15 is 0 Å². The molecule has 0 aromatic heterocycles. The lowest BCUT2D eigenvalue weighted by Crippen LogP contribution is -2.04. The van der Waals surface area contributed by atoms with Gasteiger partial charge in [-0.25, -0.2) is 4.79 Å². The molecule has 0 saturated carbocycles. The van der Waals surface area contributed by atoms with Gasteiger partial charge in [-0.3, -0.25) is 0 Å². The Bertz CT molecular complexity index is 494. The first-order chi connectivity index (χ1) is 8.18. The summed E-state index contributed by atoms with van der Waals surface area (Å²) in [4.78, 5) is 11.8. The lowest BCUT2D eigenvalue weighted by molar-refractivity contribution is -0.134.